The maximum absolute atomic E-state index is 14.2. The van der Waals surface area contributed by atoms with Crippen molar-refractivity contribution in [3.8, 4) is 0 Å². The van der Waals surface area contributed by atoms with E-state index in [1.165, 1.54) is 10.9 Å². The highest BCUT2D eigenvalue weighted by atomic mass is 32.2. The summed E-state index contributed by atoms with van der Waals surface area (Å²) in [6.45, 7) is 1.49. The van der Waals surface area contributed by atoms with Crippen LogP contribution in [0.3, 0.4) is 0 Å². The Bertz CT molecular complexity index is 755. The summed E-state index contributed by atoms with van der Waals surface area (Å²) in [4.78, 5) is 16.8. The van der Waals surface area contributed by atoms with Gasteiger partial charge >= 0.3 is 0 Å². The summed E-state index contributed by atoms with van der Waals surface area (Å²) < 4.78 is 14.2. The van der Waals surface area contributed by atoms with Gasteiger partial charge in [0.05, 0.1) is 5.41 Å². The van der Waals surface area contributed by atoms with Crippen molar-refractivity contribution < 1.29 is 9.18 Å². The summed E-state index contributed by atoms with van der Waals surface area (Å²) in [6.07, 6.45) is 5.01. The summed E-state index contributed by atoms with van der Waals surface area (Å²) in [7, 11) is 0. The molecule has 2 heterocycles. The summed E-state index contributed by atoms with van der Waals surface area (Å²) in [6, 6.07) is 11.2. The van der Waals surface area contributed by atoms with E-state index in [2.05, 4.69) is 22.4 Å². The molecule has 2 aliphatic rings. The third-order valence-electron chi connectivity index (χ3n) is 5.74. The van der Waals surface area contributed by atoms with Gasteiger partial charge in [0.15, 0.2) is 0 Å². The molecule has 1 saturated carbocycles. The van der Waals surface area contributed by atoms with Gasteiger partial charge in [-0.25, -0.2) is 4.39 Å². The van der Waals surface area contributed by atoms with Crippen molar-refractivity contribution in [1.29, 1.82) is 0 Å². The van der Waals surface area contributed by atoms with E-state index >= 15 is 0 Å². The number of benzene rings is 1. The van der Waals surface area contributed by atoms with Crippen molar-refractivity contribution in [2.75, 3.05) is 18.8 Å². The van der Waals surface area contributed by atoms with Crippen LogP contribution in [0.4, 0.5) is 4.39 Å². The highest BCUT2D eigenvalue weighted by Gasteiger charge is 2.45. The van der Waals surface area contributed by atoms with E-state index in [1.54, 1.807) is 29.2 Å². The van der Waals surface area contributed by atoms with E-state index in [-0.39, 0.29) is 16.5 Å². The molecule has 1 aliphatic carbocycles. The second-order valence-corrected chi connectivity index (χ2v) is 9.49. The lowest BCUT2D eigenvalue weighted by Gasteiger charge is -2.33. The average molecular weight is 390 g/mol. The fraction of sp³-hybridized carbons (Fsp3) is 0.476. The molecule has 138 valence electrons. The molecule has 26 heavy (non-hydrogen) atoms. The number of thiophene rings is 1. The molecule has 2 aromatic rings. The maximum atomic E-state index is 14.2. The molecule has 1 unspecified atom stereocenters. The fourth-order valence-corrected chi connectivity index (χ4v) is 6.59. The molecule has 2 nitrogen and oxygen atoms in total. The second kappa shape index (κ2) is 7.73. The van der Waals surface area contributed by atoms with Crippen LogP contribution in [0.1, 0.15) is 47.8 Å². The molecule has 2 fully saturated rings. The molecule has 0 spiro atoms. The summed E-state index contributed by atoms with van der Waals surface area (Å²) in [5.41, 5.74) is 0.470. The third kappa shape index (κ3) is 3.31. The van der Waals surface area contributed by atoms with Gasteiger partial charge in [0.1, 0.15) is 5.82 Å². The predicted molar refractivity (Wildman–Crippen MR) is 107 cm³/mol. The Morgan fingerprint density at radius 1 is 1.12 bits per heavy atom. The van der Waals surface area contributed by atoms with E-state index in [4.69, 9.17) is 0 Å². The van der Waals surface area contributed by atoms with Crippen molar-refractivity contribution in [2.45, 2.75) is 42.8 Å². The molecule has 1 atom stereocenters. The zero-order chi connectivity index (χ0) is 18.0. The summed E-state index contributed by atoms with van der Waals surface area (Å²) in [5.74, 6) is 1.04. The standard InChI is InChI=1S/C21H24FNOS2/c22-17-7-2-1-6-16(17)18-9-12-23(13-15-25-18)20(24)21(10-3-4-11-21)19-8-5-14-26-19/h1-2,5-8,14,18H,3-4,9-13,15H2. The molecule has 0 N–H and O–H groups in total. The lowest BCUT2D eigenvalue weighted by molar-refractivity contribution is -0.137. The van der Waals surface area contributed by atoms with E-state index in [1.807, 2.05) is 12.1 Å². The average Bonchev–Trinajstić information content (AvgIpc) is 3.30. The van der Waals surface area contributed by atoms with Crippen molar-refractivity contribution in [3.63, 3.8) is 0 Å². The predicted octanol–water partition coefficient (Wildman–Crippen LogP) is 5.41. The Morgan fingerprint density at radius 2 is 1.92 bits per heavy atom. The molecule has 1 aromatic heterocycles. The summed E-state index contributed by atoms with van der Waals surface area (Å²) >= 11 is 3.49. The first-order valence-corrected chi connectivity index (χ1v) is 11.3. The smallest absolute Gasteiger partial charge is 0.234 e. The van der Waals surface area contributed by atoms with Crippen LogP contribution in [-0.2, 0) is 10.2 Å². The van der Waals surface area contributed by atoms with Crippen LogP contribution < -0.4 is 0 Å². The van der Waals surface area contributed by atoms with Gasteiger partial charge in [0.25, 0.3) is 0 Å². The minimum Gasteiger partial charge on any atom is -0.341 e. The van der Waals surface area contributed by atoms with Crippen LogP contribution in [-0.4, -0.2) is 29.6 Å². The molecule has 1 saturated heterocycles. The number of thioether (sulfide) groups is 1. The molecular weight excluding hydrogens is 365 g/mol. The van der Waals surface area contributed by atoms with E-state index in [9.17, 15) is 9.18 Å². The van der Waals surface area contributed by atoms with Gasteiger partial charge in [-0.05, 0) is 36.8 Å². The molecule has 1 amide bonds. The second-order valence-electron chi connectivity index (χ2n) is 7.23. The lowest BCUT2D eigenvalue weighted by atomic mass is 9.82. The molecule has 0 radical (unpaired) electrons. The number of carbonyl (C=O) groups excluding carboxylic acids is 1. The van der Waals surface area contributed by atoms with Crippen LogP contribution in [0, 0.1) is 5.82 Å². The maximum Gasteiger partial charge on any atom is 0.234 e. The van der Waals surface area contributed by atoms with Gasteiger partial charge in [0, 0.05) is 34.5 Å². The number of halogens is 1. The Kier molecular flexibility index (Phi) is 5.37. The van der Waals surface area contributed by atoms with Crippen molar-refractivity contribution >= 4 is 29.0 Å². The molecule has 4 rings (SSSR count). The normalized spacial score (nSPS) is 23.0. The van der Waals surface area contributed by atoms with Gasteiger partial charge in [0.2, 0.25) is 5.91 Å². The molecule has 0 bridgehead atoms. The van der Waals surface area contributed by atoms with Crippen LogP contribution in [0.2, 0.25) is 0 Å². The Labute approximate surface area is 162 Å². The number of rotatable bonds is 3. The van der Waals surface area contributed by atoms with Gasteiger partial charge in [-0.2, -0.15) is 11.8 Å². The number of amides is 1. The first-order chi connectivity index (χ1) is 12.7. The molecule has 5 heteroatoms. The van der Waals surface area contributed by atoms with Gasteiger partial charge in [-0.3, -0.25) is 4.79 Å². The topological polar surface area (TPSA) is 20.3 Å². The van der Waals surface area contributed by atoms with E-state index in [0.29, 0.717) is 5.91 Å². The zero-order valence-corrected chi connectivity index (χ0v) is 16.5. The van der Waals surface area contributed by atoms with E-state index < -0.39 is 0 Å². The third-order valence-corrected chi connectivity index (χ3v) is 8.12. The Balaban J connectivity index is 1.52. The largest absolute Gasteiger partial charge is 0.341 e. The Hall–Kier alpha value is -1.33. The van der Waals surface area contributed by atoms with Crippen molar-refractivity contribution in [1.82, 2.24) is 4.90 Å². The SMILES string of the molecule is O=C(N1CCSC(c2ccccc2F)CC1)C1(c2cccs2)CCCC1. The summed E-state index contributed by atoms with van der Waals surface area (Å²) in [5, 5.41) is 2.21. The minimum absolute atomic E-state index is 0.129. The van der Waals surface area contributed by atoms with Gasteiger partial charge in [-0.15, -0.1) is 11.3 Å². The lowest BCUT2D eigenvalue weighted by Crippen LogP contribution is -2.46. The number of hydrogen-bond donors (Lipinski definition) is 0. The number of hydrogen-bond acceptors (Lipinski definition) is 3. The van der Waals surface area contributed by atoms with E-state index in [0.717, 1.165) is 56.5 Å². The highest BCUT2D eigenvalue weighted by Crippen LogP contribution is 2.45. The number of nitrogens with zero attached hydrogens (tertiary/aromatic N) is 1. The fourth-order valence-electron chi connectivity index (χ4n) is 4.36. The van der Waals surface area contributed by atoms with Crippen LogP contribution in [0.15, 0.2) is 41.8 Å². The highest BCUT2D eigenvalue weighted by molar-refractivity contribution is 7.99. The minimum atomic E-state index is -0.309. The molecule has 1 aliphatic heterocycles. The van der Waals surface area contributed by atoms with Crippen LogP contribution >= 0.6 is 23.1 Å². The first kappa shape index (κ1) is 18.1. The van der Waals surface area contributed by atoms with Crippen molar-refractivity contribution in [3.05, 3.63) is 58.0 Å². The number of carbonyl (C=O) groups is 1. The van der Waals surface area contributed by atoms with Crippen LogP contribution in [0.5, 0.6) is 0 Å². The zero-order valence-electron chi connectivity index (χ0n) is 14.8. The first-order valence-electron chi connectivity index (χ1n) is 9.40. The van der Waals surface area contributed by atoms with Gasteiger partial charge < -0.3 is 4.90 Å². The van der Waals surface area contributed by atoms with Crippen LogP contribution in [0.25, 0.3) is 0 Å². The van der Waals surface area contributed by atoms with Gasteiger partial charge in [-0.1, -0.05) is 37.1 Å². The Morgan fingerprint density at radius 3 is 2.65 bits per heavy atom. The quantitative estimate of drug-likeness (QED) is 0.700. The monoisotopic (exact) mass is 389 g/mol. The molecular formula is C21H24FNOS2. The van der Waals surface area contributed by atoms with Crippen molar-refractivity contribution in [2.24, 2.45) is 0 Å². The molecule has 1 aromatic carbocycles.